The first kappa shape index (κ1) is 17.2. The molecule has 1 heterocycles. The molecule has 1 aromatic heterocycles. The van der Waals surface area contributed by atoms with Crippen molar-refractivity contribution in [2.45, 2.75) is 19.9 Å². The van der Waals surface area contributed by atoms with Gasteiger partial charge in [-0.15, -0.1) is 11.6 Å². The van der Waals surface area contributed by atoms with Gasteiger partial charge in [0, 0.05) is 37.4 Å². The minimum absolute atomic E-state index is 0.0526. The molecule has 1 aromatic rings. The number of nitriles is 1. The number of carbonyl (C=O) groups excluding carboxylic acids is 1. The van der Waals surface area contributed by atoms with Crippen molar-refractivity contribution >= 4 is 23.6 Å². The Hall–Kier alpha value is -1.84. The van der Waals surface area contributed by atoms with E-state index < -0.39 is 0 Å². The zero-order valence-corrected chi connectivity index (χ0v) is 12.8. The summed E-state index contributed by atoms with van der Waals surface area (Å²) in [6.45, 7) is 4.22. The molecule has 114 valence electrons. The molecule has 0 fully saturated rings. The molecule has 6 nitrogen and oxygen atoms in total. The van der Waals surface area contributed by atoms with E-state index in [1.165, 1.54) is 6.08 Å². The van der Waals surface area contributed by atoms with E-state index in [2.05, 4.69) is 10.4 Å². The molecule has 0 atom stereocenters. The van der Waals surface area contributed by atoms with E-state index in [0.29, 0.717) is 44.2 Å². The smallest absolute Gasteiger partial charge is 0.261 e. The predicted molar refractivity (Wildman–Crippen MR) is 80.7 cm³/mol. The Morgan fingerprint density at radius 2 is 2.48 bits per heavy atom. The molecule has 0 bridgehead atoms. The molecule has 1 rings (SSSR count). The third kappa shape index (κ3) is 6.43. The maximum atomic E-state index is 11.9. The van der Waals surface area contributed by atoms with E-state index in [-0.39, 0.29) is 11.5 Å². The van der Waals surface area contributed by atoms with Gasteiger partial charge in [0.2, 0.25) is 0 Å². The molecule has 0 unspecified atom stereocenters. The van der Waals surface area contributed by atoms with Crippen molar-refractivity contribution in [1.29, 1.82) is 5.26 Å². The first-order chi connectivity index (χ1) is 10.2. The number of halogens is 1. The number of carbonyl (C=O) groups is 1. The second-order valence-corrected chi connectivity index (χ2v) is 4.58. The van der Waals surface area contributed by atoms with Crippen LogP contribution in [0.3, 0.4) is 0 Å². The molecular weight excluding hydrogens is 292 g/mol. The first-order valence-corrected chi connectivity index (χ1v) is 7.30. The summed E-state index contributed by atoms with van der Waals surface area (Å²) in [5.41, 5.74) is 0.748. The van der Waals surface area contributed by atoms with Gasteiger partial charge in [0.1, 0.15) is 11.6 Å². The number of amides is 1. The summed E-state index contributed by atoms with van der Waals surface area (Å²) in [5, 5.41) is 15.8. The fourth-order valence-electron chi connectivity index (χ4n) is 1.59. The quantitative estimate of drug-likeness (QED) is 0.325. The van der Waals surface area contributed by atoms with Crippen LogP contribution in [0.5, 0.6) is 0 Å². The normalized spacial score (nSPS) is 11.2. The van der Waals surface area contributed by atoms with Gasteiger partial charge in [0.15, 0.2) is 0 Å². The number of aromatic nitrogens is 2. The monoisotopic (exact) mass is 310 g/mol. The maximum Gasteiger partial charge on any atom is 0.261 e. The zero-order valence-electron chi connectivity index (χ0n) is 12.0. The summed E-state index contributed by atoms with van der Waals surface area (Å²) in [5.74, 6) is 0.0649. The van der Waals surface area contributed by atoms with Gasteiger partial charge < -0.3 is 10.1 Å². The van der Waals surface area contributed by atoms with Crippen LogP contribution in [0.15, 0.2) is 18.0 Å². The number of ether oxygens (including phenoxy) is 1. The Morgan fingerprint density at radius 1 is 1.67 bits per heavy atom. The third-order valence-electron chi connectivity index (χ3n) is 2.60. The lowest BCUT2D eigenvalue weighted by molar-refractivity contribution is -0.117. The van der Waals surface area contributed by atoms with Crippen molar-refractivity contribution in [3.05, 3.63) is 23.5 Å². The molecule has 0 saturated carbocycles. The minimum Gasteiger partial charge on any atom is -0.382 e. The average molecular weight is 311 g/mol. The lowest BCUT2D eigenvalue weighted by atomic mass is 10.2. The molecule has 0 aliphatic rings. The van der Waals surface area contributed by atoms with Gasteiger partial charge in [-0.1, -0.05) is 0 Å². The van der Waals surface area contributed by atoms with Gasteiger partial charge >= 0.3 is 0 Å². The number of aryl methyl sites for hydroxylation is 1. The van der Waals surface area contributed by atoms with Crippen LogP contribution in [-0.4, -0.2) is 41.3 Å². The molecular formula is C14H19ClN4O2. The van der Waals surface area contributed by atoms with Gasteiger partial charge in [0.25, 0.3) is 5.91 Å². The maximum absolute atomic E-state index is 11.9. The highest BCUT2D eigenvalue weighted by atomic mass is 35.5. The Labute approximate surface area is 129 Å². The van der Waals surface area contributed by atoms with Crippen molar-refractivity contribution in [3.63, 3.8) is 0 Å². The standard InChI is InChI=1S/C14H19ClN4O2/c1-2-21-7-3-5-17-14(20)13(9-16)8-12-10-18-19(11-12)6-4-15/h8,10-11H,2-7H2,1H3,(H,17,20)/b13-8-. The lowest BCUT2D eigenvalue weighted by Gasteiger charge is -2.04. The summed E-state index contributed by atoms with van der Waals surface area (Å²) in [6, 6.07) is 1.90. The number of rotatable bonds is 9. The van der Waals surface area contributed by atoms with Crippen molar-refractivity contribution in [1.82, 2.24) is 15.1 Å². The van der Waals surface area contributed by atoms with Crippen molar-refractivity contribution in [3.8, 4) is 6.07 Å². The van der Waals surface area contributed by atoms with Crippen LogP contribution < -0.4 is 5.32 Å². The molecule has 21 heavy (non-hydrogen) atoms. The van der Waals surface area contributed by atoms with Crippen LogP contribution >= 0.6 is 11.6 Å². The van der Waals surface area contributed by atoms with Crippen molar-refractivity contribution in [2.24, 2.45) is 0 Å². The first-order valence-electron chi connectivity index (χ1n) is 6.77. The number of hydrogen-bond acceptors (Lipinski definition) is 4. The molecule has 1 N–H and O–H groups in total. The van der Waals surface area contributed by atoms with E-state index >= 15 is 0 Å². The van der Waals surface area contributed by atoms with Crippen LogP contribution in [0.1, 0.15) is 18.9 Å². The summed E-state index contributed by atoms with van der Waals surface area (Å²) in [7, 11) is 0. The predicted octanol–water partition coefficient (Wildman–Crippen LogP) is 1.57. The minimum atomic E-state index is -0.390. The Kier molecular flexibility index (Phi) is 8.17. The summed E-state index contributed by atoms with van der Waals surface area (Å²) in [4.78, 5) is 11.9. The molecule has 0 aromatic carbocycles. The summed E-state index contributed by atoms with van der Waals surface area (Å²) >= 11 is 5.62. The number of alkyl halides is 1. The molecule has 1 amide bonds. The Morgan fingerprint density at radius 3 is 3.14 bits per heavy atom. The van der Waals surface area contributed by atoms with E-state index in [1.54, 1.807) is 17.1 Å². The molecule has 0 aliphatic heterocycles. The fraction of sp³-hybridized carbons (Fsp3) is 0.500. The molecule has 0 saturated heterocycles. The molecule has 7 heteroatoms. The largest absolute Gasteiger partial charge is 0.382 e. The molecule has 0 spiro atoms. The van der Waals surface area contributed by atoms with Gasteiger partial charge in [-0.25, -0.2) is 0 Å². The number of nitrogens with one attached hydrogen (secondary N) is 1. The van der Waals surface area contributed by atoms with Crippen LogP contribution in [0.2, 0.25) is 0 Å². The van der Waals surface area contributed by atoms with Crippen molar-refractivity contribution in [2.75, 3.05) is 25.6 Å². The number of nitrogens with zero attached hydrogens (tertiary/aromatic N) is 3. The van der Waals surface area contributed by atoms with Crippen LogP contribution in [0.25, 0.3) is 6.08 Å². The van der Waals surface area contributed by atoms with Crippen LogP contribution in [-0.2, 0) is 16.1 Å². The molecule has 0 aliphatic carbocycles. The van der Waals surface area contributed by atoms with E-state index in [4.69, 9.17) is 21.6 Å². The lowest BCUT2D eigenvalue weighted by Crippen LogP contribution is -2.26. The van der Waals surface area contributed by atoms with Gasteiger partial charge in [-0.2, -0.15) is 10.4 Å². The Balaban J connectivity index is 2.53. The van der Waals surface area contributed by atoms with E-state index in [9.17, 15) is 4.79 Å². The van der Waals surface area contributed by atoms with Gasteiger partial charge in [0.05, 0.1) is 12.7 Å². The van der Waals surface area contributed by atoms with E-state index in [1.807, 2.05) is 13.0 Å². The highest BCUT2D eigenvalue weighted by Crippen LogP contribution is 2.06. The summed E-state index contributed by atoms with van der Waals surface area (Å²) < 4.78 is 6.83. The van der Waals surface area contributed by atoms with Crippen LogP contribution in [0, 0.1) is 11.3 Å². The third-order valence-corrected chi connectivity index (χ3v) is 2.77. The van der Waals surface area contributed by atoms with Crippen LogP contribution in [0.4, 0.5) is 0 Å². The second-order valence-electron chi connectivity index (χ2n) is 4.20. The second kappa shape index (κ2) is 9.97. The summed E-state index contributed by atoms with van der Waals surface area (Å²) in [6.07, 6.45) is 5.55. The van der Waals surface area contributed by atoms with Gasteiger partial charge in [-0.05, 0) is 19.4 Å². The Bertz CT molecular complexity index is 519. The molecule has 0 radical (unpaired) electrons. The fourth-order valence-corrected chi connectivity index (χ4v) is 1.77. The number of hydrogen-bond donors (Lipinski definition) is 1. The van der Waals surface area contributed by atoms with E-state index in [0.717, 1.165) is 0 Å². The average Bonchev–Trinajstić information content (AvgIpc) is 2.92. The van der Waals surface area contributed by atoms with Gasteiger partial charge in [-0.3, -0.25) is 9.48 Å². The SMILES string of the molecule is CCOCCCNC(=O)/C(C#N)=C\c1cnn(CCCl)c1. The zero-order chi connectivity index (χ0) is 15.5. The highest BCUT2D eigenvalue weighted by Gasteiger charge is 2.08. The van der Waals surface area contributed by atoms with Crippen molar-refractivity contribution < 1.29 is 9.53 Å². The topological polar surface area (TPSA) is 79.9 Å². The highest BCUT2D eigenvalue weighted by molar-refractivity contribution is 6.17.